The van der Waals surface area contributed by atoms with E-state index in [0.717, 1.165) is 24.8 Å². The molecule has 0 saturated carbocycles. The number of benzene rings is 2. The fourth-order valence-electron chi connectivity index (χ4n) is 3.31. The van der Waals surface area contributed by atoms with Crippen LogP contribution in [0.3, 0.4) is 0 Å². The number of rotatable bonds is 7. The molecule has 2 amide bonds. The Hall–Kier alpha value is -2.42. The van der Waals surface area contributed by atoms with Crippen LogP contribution in [0, 0.1) is 0 Å². The van der Waals surface area contributed by atoms with Crippen LogP contribution in [0.1, 0.15) is 71.4 Å². The van der Waals surface area contributed by atoms with E-state index in [1.165, 1.54) is 29.7 Å². The lowest BCUT2D eigenvalue weighted by Crippen LogP contribution is -2.29. The maximum atomic E-state index is 12.8. The molecule has 1 aliphatic heterocycles. The largest absolute Gasteiger partial charge is 0.268 e. The first-order chi connectivity index (χ1) is 12.2. The molecule has 0 aromatic heterocycles. The summed E-state index contributed by atoms with van der Waals surface area (Å²) in [4.78, 5) is 26.8. The predicted molar refractivity (Wildman–Crippen MR) is 101 cm³/mol. The Balaban J connectivity index is 1.80. The average molecular weight is 335 g/mol. The third-order valence-corrected chi connectivity index (χ3v) is 4.87. The lowest BCUT2D eigenvalue weighted by molar-refractivity contribution is 0.0926. The first kappa shape index (κ1) is 17.4. The molecule has 130 valence electrons. The number of nitrogens with zero attached hydrogens (tertiary/aromatic N) is 1. The third kappa shape index (κ3) is 3.51. The minimum atomic E-state index is -0.221. The topological polar surface area (TPSA) is 37.4 Å². The van der Waals surface area contributed by atoms with Crippen LogP contribution >= 0.6 is 0 Å². The van der Waals surface area contributed by atoms with Crippen LogP contribution in [0.25, 0.3) is 0 Å². The zero-order chi connectivity index (χ0) is 17.8. The van der Waals surface area contributed by atoms with Crippen LogP contribution in [-0.2, 0) is 12.8 Å². The highest BCUT2D eigenvalue weighted by Crippen LogP contribution is 2.29. The van der Waals surface area contributed by atoms with Crippen molar-refractivity contribution >= 4 is 17.5 Å². The number of fused-ring (bicyclic) bond motifs is 1. The van der Waals surface area contributed by atoms with Gasteiger partial charge in [-0.2, -0.15) is 0 Å². The van der Waals surface area contributed by atoms with Crippen molar-refractivity contribution in [1.82, 2.24) is 0 Å². The van der Waals surface area contributed by atoms with Gasteiger partial charge in [0.2, 0.25) is 0 Å². The molecule has 0 bridgehead atoms. The molecule has 1 aliphatic rings. The van der Waals surface area contributed by atoms with E-state index >= 15 is 0 Å². The molecule has 0 aliphatic carbocycles. The van der Waals surface area contributed by atoms with Gasteiger partial charge >= 0.3 is 0 Å². The molecule has 1 heterocycles. The fraction of sp³-hybridized carbons (Fsp3) is 0.364. The van der Waals surface area contributed by atoms with Crippen molar-refractivity contribution in [3.8, 4) is 0 Å². The zero-order valence-electron chi connectivity index (χ0n) is 15.0. The van der Waals surface area contributed by atoms with Crippen molar-refractivity contribution in [3.05, 3.63) is 64.7 Å². The molecule has 25 heavy (non-hydrogen) atoms. The predicted octanol–water partition coefficient (Wildman–Crippen LogP) is 5.17. The standard InChI is InChI=1S/C22H25NO2/c1-3-5-6-7-8-17-11-14-19-20(15-17)22(25)23(21(19)24)18-12-9-16(4-2)10-13-18/h9-15H,3-8H2,1-2H3. The SMILES string of the molecule is CCCCCCc1ccc2c(c1)C(=O)N(c1ccc(CC)cc1)C2=O. The number of carbonyl (C=O) groups is 2. The summed E-state index contributed by atoms with van der Waals surface area (Å²) >= 11 is 0. The van der Waals surface area contributed by atoms with Gasteiger partial charge in [-0.15, -0.1) is 0 Å². The van der Waals surface area contributed by atoms with E-state index < -0.39 is 0 Å². The Morgan fingerprint density at radius 3 is 2.12 bits per heavy atom. The van der Waals surface area contributed by atoms with Crippen molar-refractivity contribution in [2.45, 2.75) is 52.4 Å². The molecule has 3 nitrogen and oxygen atoms in total. The summed E-state index contributed by atoms with van der Waals surface area (Å²) in [6, 6.07) is 13.3. The van der Waals surface area contributed by atoms with Gasteiger partial charge in [-0.1, -0.05) is 51.3 Å². The number of unbranched alkanes of at least 4 members (excludes halogenated alkanes) is 3. The molecule has 3 heteroatoms. The Kier molecular flexibility index (Phi) is 5.32. The minimum absolute atomic E-state index is 0.209. The molecule has 0 radical (unpaired) electrons. The van der Waals surface area contributed by atoms with E-state index in [9.17, 15) is 9.59 Å². The Morgan fingerprint density at radius 2 is 1.44 bits per heavy atom. The first-order valence-electron chi connectivity index (χ1n) is 9.26. The molecule has 2 aromatic rings. The van der Waals surface area contributed by atoms with Gasteiger partial charge in [0.05, 0.1) is 16.8 Å². The van der Waals surface area contributed by atoms with Crippen molar-refractivity contribution < 1.29 is 9.59 Å². The summed E-state index contributed by atoms with van der Waals surface area (Å²) in [7, 11) is 0. The highest BCUT2D eigenvalue weighted by Gasteiger charge is 2.36. The lowest BCUT2D eigenvalue weighted by Gasteiger charge is -2.14. The van der Waals surface area contributed by atoms with Gasteiger partial charge < -0.3 is 0 Å². The monoisotopic (exact) mass is 335 g/mol. The third-order valence-electron chi connectivity index (χ3n) is 4.87. The van der Waals surface area contributed by atoms with Crippen LogP contribution in [0.2, 0.25) is 0 Å². The van der Waals surface area contributed by atoms with E-state index in [2.05, 4.69) is 13.8 Å². The molecule has 3 rings (SSSR count). The van der Waals surface area contributed by atoms with Crippen LogP contribution < -0.4 is 4.90 Å². The van der Waals surface area contributed by atoms with Gasteiger partial charge in [0.15, 0.2) is 0 Å². The van der Waals surface area contributed by atoms with Crippen LogP contribution in [0.5, 0.6) is 0 Å². The van der Waals surface area contributed by atoms with Crippen molar-refractivity contribution in [2.75, 3.05) is 4.90 Å². The first-order valence-corrected chi connectivity index (χ1v) is 9.26. The fourth-order valence-corrected chi connectivity index (χ4v) is 3.31. The molecule has 0 atom stereocenters. The number of aryl methyl sites for hydroxylation is 2. The Labute approximate surface area is 149 Å². The Morgan fingerprint density at radius 1 is 0.760 bits per heavy atom. The quantitative estimate of drug-likeness (QED) is 0.517. The van der Waals surface area contributed by atoms with Gasteiger partial charge in [-0.3, -0.25) is 9.59 Å². The van der Waals surface area contributed by atoms with E-state index in [1.54, 1.807) is 0 Å². The van der Waals surface area contributed by atoms with Gasteiger partial charge in [-0.25, -0.2) is 4.90 Å². The van der Waals surface area contributed by atoms with E-state index in [-0.39, 0.29) is 11.8 Å². The highest BCUT2D eigenvalue weighted by molar-refractivity contribution is 6.34. The van der Waals surface area contributed by atoms with Gasteiger partial charge in [0.25, 0.3) is 11.8 Å². The minimum Gasteiger partial charge on any atom is -0.268 e. The van der Waals surface area contributed by atoms with E-state index in [0.29, 0.717) is 16.8 Å². The number of imide groups is 1. The maximum Gasteiger partial charge on any atom is 0.266 e. The highest BCUT2D eigenvalue weighted by atomic mass is 16.2. The zero-order valence-corrected chi connectivity index (χ0v) is 15.0. The maximum absolute atomic E-state index is 12.8. The number of hydrogen-bond acceptors (Lipinski definition) is 2. The number of amides is 2. The van der Waals surface area contributed by atoms with Crippen LogP contribution in [0.15, 0.2) is 42.5 Å². The molecule has 0 fully saturated rings. The van der Waals surface area contributed by atoms with Crippen LogP contribution in [0.4, 0.5) is 5.69 Å². The summed E-state index contributed by atoms with van der Waals surface area (Å²) in [5.41, 5.74) is 4.03. The van der Waals surface area contributed by atoms with E-state index in [1.807, 2.05) is 42.5 Å². The van der Waals surface area contributed by atoms with Gasteiger partial charge in [-0.05, 0) is 54.7 Å². The summed E-state index contributed by atoms with van der Waals surface area (Å²) in [6.07, 6.45) is 6.67. The molecule has 0 N–H and O–H groups in total. The van der Waals surface area contributed by atoms with Gasteiger partial charge in [0.1, 0.15) is 0 Å². The summed E-state index contributed by atoms with van der Waals surface area (Å²) < 4.78 is 0. The second kappa shape index (κ2) is 7.64. The summed E-state index contributed by atoms with van der Waals surface area (Å²) in [6.45, 7) is 4.28. The molecule has 2 aromatic carbocycles. The second-order valence-corrected chi connectivity index (χ2v) is 6.66. The van der Waals surface area contributed by atoms with Crippen LogP contribution in [-0.4, -0.2) is 11.8 Å². The molecule has 0 saturated heterocycles. The normalized spacial score (nSPS) is 13.4. The molecular formula is C22H25NO2. The van der Waals surface area contributed by atoms with Crippen molar-refractivity contribution in [2.24, 2.45) is 0 Å². The lowest BCUT2D eigenvalue weighted by atomic mass is 10.0. The molecular weight excluding hydrogens is 310 g/mol. The number of anilines is 1. The molecule has 0 unspecified atom stereocenters. The number of hydrogen-bond donors (Lipinski definition) is 0. The van der Waals surface area contributed by atoms with Gasteiger partial charge in [0, 0.05) is 0 Å². The molecule has 0 spiro atoms. The van der Waals surface area contributed by atoms with Crippen molar-refractivity contribution in [1.29, 1.82) is 0 Å². The average Bonchev–Trinajstić information content (AvgIpc) is 2.89. The number of carbonyl (C=O) groups excluding carboxylic acids is 2. The summed E-state index contributed by atoms with van der Waals surface area (Å²) in [5, 5.41) is 0. The summed E-state index contributed by atoms with van der Waals surface area (Å²) in [5.74, 6) is -0.429. The van der Waals surface area contributed by atoms with E-state index in [4.69, 9.17) is 0 Å². The van der Waals surface area contributed by atoms with Crippen molar-refractivity contribution in [3.63, 3.8) is 0 Å². The Bertz CT molecular complexity index is 777. The smallest absolute Gasteiger partial charge is 0.266 e. The second-order valence-electron chi connectivity index (χ2n) is 6.66.